The van der Waals surface area contributed by atoms with Gasteiger partial charge in [-0.25, -0.2) is 0 Å². The summed E-state index contributed by atoms with van der Waals surface area (Å²) in [5.74, 6) is -3.18. The average molecular weight is 266 g/mol. The summed E-state index contributed by atoms with van der Waals surface area (Å²) >= 11 is 0. The Morgan fingerprint density at radius 1 is 0.765 bits per heavy atom. The molecule has 0 bridgehead atoms. The summed E-state index contributed by atoms with van der Waals surface area (Å²) in [4.78, 5) is 20.9. The van der Waals surface area contributed by atoms with Gasteiger partial charge >= 0.3 is 18.0 Å². The van der Waals surface area contributed by atoms with Crippen molar-refractivity contribution in [3.63, 3.8) is 0 Å². The maximum absolute atomic E-state index is 12.4. The Bertz CT molecular complexity index is 289. The molecule has 0 aliphatic carbocycles. The molecule has 0 unspecified atom stereocenters. The van der Waals surface area contributed by atoms with E-state index in [1.807, 2.05) is 0 Å². The molecule has 0 saturated heterocycles. The number of hydrogen-bond acceptors (Lipinski definition) is 2. The van der Waals surface area contributed by atoms with Gasteiger partial charge in [0, 0.05) is 13.8 Å². The van der Waals surface area contributed by atoms with Gasteiger partial charge in [0.1, 0.15) is 0 Å². The Morgan fingerprint density at radius 2 is 1.00 bits per heavy atom. The van der Waals surface area contributed by atoms with Crippen molar-refractivity contribution in [2.75, 3.05) is 0 Å². The van der Waals surface area contributed by atoms with Gasteiger partial charge in [-0.2, -0.15) is 26.3 Å². The van der Waals surface area contributed by atoms with E-state index in [-0.39, 0.29) is 0 Å². The Morgan fingerprint density at radius 3 is 1.12 bits per heavy atom. The monoisotopic (exact) mass is 266 g/mol. The second kappa shape index (κ2) is 4.41. The third-order valence-corrected chi connectivity index (χ3v) is 1.58. The van der Waals surface area contributed by atoms with Crippen molar-refractivity contribution in [1.82, 2.24) is 10.6 Å². The maximum Gasteiger partial charge on any atom is 0.439 e. The first kappa shape index (κ1) is 15.5. The number of hydrogen-bond donors (Lipinski definition) is 2. The highest BCUT2D eigenvalue weighted by molar-refractivity contribution is 5.78. The standard InChI is InChI=1S/C7H8F6N2O2/c1-3(16)14-5(6(8,9)10,7(11,12)13)15-4(2)17/h1-2H3,(H,14,16)(H,15,17). The lowest BCUT2D eigenvalue weighted by Crippen LogP contribution is -2.75. The lowest BCUT2D eigenvalue weighted by Gasteiger charge is -2.37. The summed E-state index contributed by atoms with van der Waals surface area (Å²) in [5.41, 5.74) is -4.78. The zero-order valence-electron chi connectivity index (χ0n) is 8.58. The summed E-state index contributed by atoms with van der Waals surface area (Å²) < 4.78 is 74.7. The highest BCUT2D eigenvalue weighted by Gasteiger charge is 2.72. The van der Waals surface area contributed by atoms with Crippen molar-refractivity contribution in [2.24, 2.45) is 0 Å². The van der Waals surface area contributed by atoms with Crippen LogP contribution in [0, 0.1) is 0 Å². The number of rotatable bonds is 2. The summed E-state index contributed by atoms with van der Waals surface area (Å²) in [5, 5.41) is 1.37. The van der Waals surface area contributed by atoms with Crippen LogP contribution in [0.15, 0.2) is 0 Å². The Kier molecular flexibility index (Phi) is 4.03. The molecule has 100 valence electrons. The first-order valence-electron chi connectivity index (χ1n) is 4.04. The molecular weight excluding hydrogens is 258 g/mol. The fourth-order valence-electron chi connectivity index (χ4n) is 1.00. The molecule has 0 spiro atoms. The molecule has 0 heterocycles. The van der Waals surface area contributed by atoms with Crippen molar-refractivity contribution < 1.29 is 35.9 Å². The van der Waals surface area contributed by atoms with Crippen LogP contribution in [-0.4, -0.2) is 29.8 Å². The third kappa shape index (κ3) is 3.24. The first-order chi connectivity index (χ1) is 7.33. The van der Waals surface area contributed by atoms with Crippen molar-refractivity contribution in [1.29, 1.82) is 0 Å². The highest BCUT2D eigenvalue weighted by atomic mass is 19.4. The van der Waals surface area contributed by atoms with Gasteiger partial charge < -0.3 is 10.6 Å². The van der Waals surface area contributed by atoms with E-state index < -0.39 is 29.8 Å². The molecule has 0 aromatic heterocycles. The largest absolute Gasteiger partial charge is 0.439 e. The van der Waals surface area contributed by atoms with E-state index in [1.54, 1.807) is 0 Å². The zero-order valence-corrected chi connectivity index (χ0v) is 8.58. The summed E-state index contributed by atoms with van der Waals surface area (Å²) in [7, 11) is 0. The minimum Gasteiger partial charge on any atom is -0.318 e. The number of carbonyl (C=O) groups is 2. The molecule has 0 saturated carbocycles. The van der Waals surface area contributed by atoms with Crippen LogP contribution in [0.1, 0.15) is 13.8 Å². The lowest BCUT2D eigenvalue weighted by molar-refractivity contribution is -0.313. The van der Waals surface area contributed by atoms with Crippen LogP contribution in [0.2, 0.25) is 0 Å². The Labute approximate surface area is 91.3 Å². The summed E-state index contributed by atoms with van der Waals surface area (Å²) in [6.45, 7) is 0.933. The minimum absolute atomic E-state index is 0.466. The molecule has 4 nitrogen and oxygen atoms in total. The highest BCUT2D eigenvalue weighted by Crippen LogP contribution is 2.41. The Hall–Kier alpha value is -1.48. The maximum atomic E-state index is 12.4. The molecule has 0 aliphatic heterocycles. The van der Waals surface area contributed by atoms with Crippen LogP contribution in [0.3, 0.4) is 0 Å². The normalized spacial score (nSPS) is 13.2. The van der Waals surface area contributed by atoms with Crippen molar-refractivity contribution in [2.45, 2.75) is 31.9 Å². The molecule has 0 atom stereocenters. The van der Waals surface area contributed by atoms with Gasteiger partial charge in [0.2, 0.25) is 11.8 Å². The molecule has 0 rings (SSSR count). The van der Waals surface area contributed by atoms with Crippen molar-refractivity contribution in [3.8, 4) is 0 Å². The molecule has 2 N–H and O–H groups in total. The first-order valence-corrected chi connectivity index (χ1v) is 4.04. The van der Waals surface area contributed by atoms with Crippen LogP contribution in [-0.2, 0) is 9.59 Å². The van der Waals surface area contributed by atoms with E-state index in [4.69, 9.17) is 0 Å². The van der Waals surface area contributed by atoms with Gasteiger partial charge in [0.15, 0.2) is 0 Å². The summed E-state index contributed by atoms with van der Waals surface area (Å²) in [6, 6.07) is 0. The van der Waals surface area contributed by atoms with Crippen LogP contribution >= 0.6 is 0 Å². The fraction of sp³-hybridized carbons (Fsp3) is 0.714. The number of nitrogens with one attached hydrogen (secondary N) is 2. The van der Waals surface area contributed by atoms with Gasteiger partial charge in [-0.3, -0.25) is 9.59 Å². The topological polar surface area (TPSA) is 58.2 Å². The zero-order chi connectivity index (χ0) is 14.1. The molecule has 0 aromatic carbocycles. The second-order valence-corrected chi connectivity index (χ2v) is 3.11. The SMILES string of the molecule is CC(=O)NC(NC(C)=O)(C(F)(F)F)C(F)(F)F. The van der Waals surface area contributed by atoms with Crippen molar-refractivity contribution in [3.05, 3.63) is 0 Å². The molecule has 2 amide bonds. The van der Waals surface area contributed by atoms with Gasteiger partial charge in [-0.1, -0.05) is 0 Å². The number of amides is 2. The van der Waals surface area contributed by atoms with Gasteiger partial charge in [-0.05, 0) is 0 Å². The lowest BCUT2D eigenvalue weighted by atomic mass is 10.1. The molecular formula is C7H8F6N2O2. The van der Waals surface area contributed by atoms with E-state index >= 15 is 0 Å². The number of carbonyl (C=O) groups excluding carboxylic acids is 2. The third-order valence-electron chi connectivity index (χ3n) is 1.58. The van der Waals surface area contributed by atoms with Gasteiger partial charge in [-0.15, -0.1) is 0 Å². The summed E-state index contributed by atoms with van der Waals surface area (Å²) in [6.07, 6.45) is -11.9. The molecule has 0 fully saturated rings. The van der Waals surface area contributed by atoms with E-state index in [1.165, 1.54) is 0 Å². The average Bonchev–Trinajstić information content (AvgIpc) is 1.96. The smallest absolute Gasteiger partial charge is 0.318 e. The van der Waals surface area contributed by atoms with E-state index in [9.17, 15) is 35.9 Å². The minimum atomic E-state index is -5.93. The van der Waals surface area contributed by atoms with Crippen LogP contribution in [0.4, 0.5) is 26.3 Å². The number of alkyl halides is 6. The predicted molar refractivity (Wildman–Crippen MR) is 42.5 cm³/mol. The Balaban J connectivity index is 5.71. The van der Waals surface area contributed by atoms with Crippen LogP contribution in [0.25, 0.3) is 0 Å². The quantitative estimate of drug-likeness (QED) is 0.580. The van der Waals surface area contributed by atoms with E-state index in [0.29, 0.717) is 24.5 Å². The van der Waals surface area contributed by atoms with E-state index in [0.717, 1.165) is 0 Å². The molecule has 17 heavy (non-hydrogen) atoms. The second-order valence-electron chi connectivity index (χ2n) is 3.11. The predicted octanol–water partition coefficient (Wildman–Crippen LogP) is 1.08. The molecule has 0 aliphatic rings. The van der Waals surface area contributed by atoms with Gasteiger partial charge in [0.05, 0.1) is 0 Å². The van der Waals surface area contributed by atoms with Crippen LogP contribution < -0.4 is 10.6 Å². The molecule has 0 aromatic rings. The van der Waals surface area contributed by atoms with Gasteiger partial charge in [0.25, 0.3) is 0 Å². The number of halogens is 6. The molecule has 10 heteroatoms. The van der Waals surface area contributed by atoms with Crippen LogP contribution in [0.5, 0.6) is 0 Å². The van der Waals surface area contributed by atoms with Crippen molar-refractivity contribution >= 4 is 11.8 Å². The van der Waals surface area contributed by atoms with E-state index in [2.05, 4.69) is 0 Å². The molecule has 0 radical (unpaired) electrons. The fourth-order valence-corrected chi connectivity index (χ4v) is 1.00.